The van der Waals surface area contributed by atoms with Crippen LogP contribution in [-0.2, 0) is 0 Å². The number of nitrogens with zero attached hydrogens (tertiary/aromatic N) is 2. The standard InChI is InChI=1S/C12H6BrClN2O/c13-8-4-9(14)11-10(5-8)16-12(17-11)7-2-1-3-15-6-7/h1-6H. The maximum absolute atomic E-state index is 6.08. The van der Waals surface area contributed by atoms with Gasteiger partial charge < -0.3 is 4.42 Å². The lowest BCUT2D eigenvalue weighted by atomic mass is 10.3. The molecule has 0 spiro atoms. The van der Waals surface area contributed by atoms with Crippen LogP contribution >= 0.6 is 27.5 Å². The molecule has 0 fully saturated rings. The lowest BCUT2D eigenvalue weighted by molar-refractivity contribution is 0.619. The molecule has 0 aliphatic carbocycles. The van der Waals surface area contributed by atoms with Crippen LogP contribution < -0.4 is 0 Å². The van der Waals surface area contributed by atoms with Crippen molar-refractivity contribution in [1.29, 1.82) is 0 Å². The number of benzene rings is 1. The van der Waals surface area contributed by atoms with E-state index in [9.17, 15) is 0 Å². The summed E-state index contributed by atoms with van der Waals surface area (Å²) in [5.41, 5.74) is 2.15. The number of pyridine rings is 1. The second-order valence-corrected chi connectivity index (χ2v) is 4.82. The molecule has 2 aromatic heterocycles. The van der Waals surface area contributed by atoms with Gasteiger partial charge in [-0.15, -0.1) is 0 Å². The molecule has 3 rings (SSSR count). The van der Waals surface area contributed by atoms with Gasteiger partial charge in [0.15, 0.2) is 5.58 Å². The van der Waals surface area contributed by atoms with Crippen molar-refractivity contribution in [2.45, 2.75) is 0 Å². The molecule has 17 heavy (non-hydrogen) atoms. The van der Waals surface area contributed by atoms with Crippen LogP contribution in [0.15, 0.2) is 45.5 Å². The highest BCUT2D eigenvalue weighted by Crippen LogP contribution is 2.31. The minimum atomic E-state index is 0.521. The lowest BCUT2D eigenvalue weighted by Crippen LogP contribution is -1.77. The van der Waals surface area contributed by atoms with Crippen LogP contribution in [0.5, 0.6) is 0 Å². The number of aromatic nitrogens is 2. The summed E-state index contributed by atoms with van der Waals surface area (Å²) in [6.45, 7) is 0. The average molecular weight is 310 g/mol. The molecule has 0 atom stereocenters. The van der Waals surface area contributed by atoms with Crippen LogP contribution in [0.3, 0.4) is 0 Å². The number of fused-ring (bicyclic) bond motifs is 1. The van der Waals surface area contributed by atoms with Crippen molar-refractivity contribution in [3.05, 3.63) is 46.2 Å². The van der Waals surface area contributed by atoms with Crippen molar-refractivity contribution in [3.8, 4) is 11.5 Å². The predicted molar refractivity (Wildman–Crippen MR) is 70.0 cm³/mol. The Morgan fingerprint density at radius 1 is 1.29 bits per heavy atom. The maximum Gasteiger partial charge on any atom is 0.228 e. The van der Waals surface area contributed by atoms with Gasteiger partial charge >= 0.3 is 0 Å². The smallest absolute Gasteiger partial charge is 0.228 e. The van der Waals surface area contributed by atoms with E-state index in [1.807, 2.05) is 18.2 Å². The summed E-state index contributed by atoms with van der Waals surface area (Å²) in [7, 11) is 0. The van der Waals surface area contributed by atoms with Crippen LogP contribution in [0.25, 0.3) is 22.6 Å². The summed E-state index contributed by atoms with van der Waals surface area (Å²) in [6.07, 6.45) is 3.41. The van der Waals surface area contributed by atoms with Crippen LogP contribution in [0.4, 0.5) is 0 Å². The van der Waals surface area contributed by atoms with Gasteiger partial charge in [0, 0.05) is 16.9 Å². The molecule has 0 saturated heterocycles. The molecular formula is C12H6BrClN2O. The Morgan fingerprint density at radius 3 is 2.94 bits per heavy atom. The second-order valence-electron chi connectivity index (χ2n) is 3.50. The monoisotopic (exact) mass is 308 g/mol. The normalized spacial score (nSPS) is 10.9. The van der Waals surface area contributed by atoms with Crippen molar-refractivity contribution in [2.24, 2.45) is 0 Å². The number of halogens is 2. The molecule has 0 bridgehead atoms. The van der Waals surface area contributed by atoms with Crippen LogP contribution in [0, 0.1) is 0 Å². The predicted octanol–water partition coefficient (Wildman–Crippen LogP) is 4.31. The van der Waals surface area contributed by atoms with Gasteiger partial charge in [0.1, 0.15) is 5.52 Å². The second kappa shape index (κ2) is 4.13. The number of oxazole rings is 1. The first kappa shape index (κ1) is 10.7. The minimum absolute atomic E-state index is 0.521. The van der Waals surface area contributed by atoms with Crippen LogP contribution in [0.2, 0.25) is 5.02 Å². The van der Waals surface area contributed by atoms with E-state index in [0.717, 1.165) is 15.6 Å². The molecule has 3 nitrogen and oxygen atoms in total. The Balaban J connectivity index is 2.24. The third-order valence-electron chi connectivity index (χ3n) is 2.32. The molecular weight excluding hydrogens is 304 g/mol. The lowest BCUT2D eigenvalue weighted by Gasteiger charge is -1.92. The zero-order chi connectivity index (χ0) is 11.8. The summed E-state index contributed by atoms with van der Waals surface area (Å²) >= 11 is 9.45. The molecule has 2 heterocycles. The molecule has 0 radical (unpaired) electrons. The van der Waals surface area contributed by atoms with E-state index >= 15 is 0 Å². The average Bonchev–Trinajstić information content (AvgIpc) is 2.74. The van der Waals surface area contributed by atoms with Crippen molar-refractivity contribution in [1.82, 2.24) is 9.97 Å². The first-order valence-electron chi connectivity index (χ1n) is 4.90. The highest BCUT2D eigenvalue weighted by atomic mass is 79.9. The van der Waals surface area contributed by atoms with Gasteiger partial charge in [0.25, 0.3) is 0 Å². The van der Waals surface area contributed by atoms with E-state index < -0.39 is 0 Å². The zero-order valence-electron chi connectivity index (χ0n) is 8.52. The Kier molecular flexibility index (Phi) is 2.61. The first-order valence-corrected chi connectivity index (χ1v) is 6.07. The van der Waals surface area contributed by atoms with E-state index in [1.54, 1.807) is 18.5 Å². The highest BCUT2D eigenvalue weighted by molar-refractivity contribution is 9.10. The van der Waals surface area contributed by atoms with Gasteiger partial charge in [0.2, 0.25) is 5.89 Å². The van der Waals surface area contributed by atoms with Gasteiger partial charge in [0.05, 0.1) is 10.6 Å². The topological polar surface area (TPSA) is 38.9 Å². The van der Waals surface area contributed by atoms with Gasteiger partial charge in [-0.3, -0.25) is 4.98 Å². The summed E-state index contributed by atoms with van der Waals surface area (Å²) in [4.78, 5) is 8.41. The Labute approximate surface area is 111 Å². The summed E-state index contributed by atoms with van der Waals surface area (Å²) in [5, 5.41) is 0.539. The quantitative estimate of drug-likeness (QED) is 0.672. The van der Waals surface area contributed by atoms with E-state index in [0.29, 0.717) is 16.5 Å². The molecule has 84 valence electrons. The highest BCUT2D eigenvalue weighted by Gasteiger charge is 2.11. The van der Waals surface area contributed by atoms with E-state index in [2.05, 4.69) is 25.9 Å². The molecule has 3 aromatic rings. The van der Waals surface area contributed by atoms with Gasteiger partial charge in [-0.1, -0.05) is 27.5 Å². The summed E-state index contributed by atoms with van der Waals surface area (Å²) < 4.78 is 6.51. The zero-order valence-corrected chi connectivity index (χ0v) is 10.9. The molecule has 0 amide bonds. The molecule has 1 aromatic carbocycles. The number of rotatable bonds is 1. The van der Waals surface area contributed by atoms with Crippen molar-refractivity contribution < 1.29 is 4.42 Å². The fourth-order valence-corrected chi connectivity index (χ4v) is 2.40. The fraction of sp³-hybridized carbons (Fsp3) is 0. The number of hydrogen-bond donors (Lipinski definition) is 0. The summed E-state index contributed by atoms with van der Waals surface area (Å²) in [5.74, 6) is 0.521. The third-order valence-corrected chi connectivity index (χ3v) is 3.06. The summed E-state index contributed by atoms with van der Waals surface area (Å²) in [6, 6.07) is 7.37. The van der Waals surface area contributed by atoms with Gasteiger partial charge in [-0.2, -0.15) is 0 Å². The Hall–Kier alpha value is -1.39. The third kappa shape index (κ3) is 1.94. The molecule has 0 aliphatic rings. The largest absolute Gasteiger partial charge is 0.434 e. The Morgan fingerprint density at radius 2 is 2.18 bits per heavy atom. The first-order chi connectivity index (χ1) is 8.24. The molecule has 0 saturated carbocycles. The SMILES string of the molecule is Clc1cc(Br)cc2nc(-c3cccnc3)oc12. The van der Waals surface area contributed by atoms with Crippen LogP contribution in [-0.4, -0.2) is 9.97 Å². The van der Waals surface area contributed by atoms with E-state index in [1.165, 1.54) is 0 Å². The van der Waals surface area contributed by atoms with Crippen molar-refractivity contribution in [2.75, 3.05) is 0 Å². The minimum Gasteiger partial charge on any atom is -0.434 e. The fourth-order valence-electron chi connectivity index (χ4n) is 1.57. The van der Waals surface area contributed by atoms with Crippen molar-refractivity contribution >= 4 is 38.6 Å². The molecule has 0 unspecified atom stereocenters. The van der Waals surface area contributed by atoms with Gasteiger partial charge in [-0.05, 0) is 24.3 Å². The van der Waals surface area contributed by atoms with Gasteiger partial charge in [-0.25, -0.2) is 4.98 Å². The van der Waals surface area contributed by atoms with E-state index in [-0.39, 0.29) is 0 Å². The molecule has 0 N–H and O–H groups in total. The van der Waals surface area contributed by atoms with Crippen molar-refractivity contribution in [3.63, 3.8) is 0 Å². The maximum atomic E-state index is 6.08. The Bertz CT molecular complexity index is 682. The number of hydrogen-bond acceptors (Lipinski definition) is 3. The molecule has 0 aliphatic heterocycles. The van der Waals surface area contributed by atoms with Crippen LogP contribution in [0.1, 0.15) is 0 Å². The van der Waals surface area contributed by atoms with E-state index in [4.69, 9.17) is 16.0 Å². The molecule has 5 heteroatoms.